The van der Waals surface area contributed by atoms with Gasteiger partial charge in [0.25, 0.3) is 0 Å². The van der Waals surface area contributed by atoms with Crippen molar-refractivity contribution in [3.8, 4) is 0 Å². The predicted octanol–water partition coefficient (Wildman–Crippen LogP) is 4.17. The highest BCUT2D eigenvalue weighted by Crippen LogP contribution is 2.33. The van der Waals surface area contributed by atoms with Gasteiger partial charge in [-0.25, -0.2) is 4.79 Å². The smallest absolute Gasteiger partial charge is 0.410 e. The SMILES string of the molecule is CCn1nc2ccccc2c1C1CCN(C(=O)OC(C)(C)C)CC1. The molecule has 0 N–H and O–H groups in total. The molecule has 24 heavy (non-hydrogen) atoms. The number of rotatable bonds is 2. The first-order valence-electron chi connectivity index (χ1n) is 8.82. The minimum absolute atomic E-state index is 0.199. The lowest BCUT2D eigenvalue weighted by Gasteiger charge is -2.33. The molecule has 1 fully saturated rings. The number of hydrogen-bond donors (Lipinski definition) is 0. The normalized spacial score (nSPS) is 16.6. The lowest BCUT2D eigenvalue weighted by atomic mass is 9.91. The van der Waals surface area contributed by atoms with Crippen molar-refractivity contribution in [3.05, 3.63) is 30.0 Å². The fourth-order valence-electron chi connectivity index (χ4n) is 3.43. The molecule has 1 aliphatic heterocycles. The van der Waals surface area contributed by atoms with Crippen LogP contribution in [0.25, 0.3) is 10.9 Å². The summed E-state index contributed by atoms with van der Waals surface area (Å²) >= 11 is 0. The van der Waals surface area contributed by atoms with Gasteiger partial charge in [-0.2, -0.15) is 5.10 Å². The molecule has 0 bridgehead atoms. The standard InChI is InChI=1S/C19H27N3O2/c1-5-22-17(15-8-6-7-9-16(15)20-22)14-10-12-21(13-11-14)18(23)24-19(2,3)4/h6-9,14H,5,10-13H2,1-4H3. The third-order valence-corrected chi connectivity index (χ3v) is 4.52. The van der Waals surface area contributed by atoms with E-state index >= 15 is 0 Å². The number of piperidine rings is 1. The van der Waals surface area contributed by atoms with E-state index in [9.17, 15) is 4.79 Å². The molecule has 2 aromatic rings. The van der Waals surface area contributed by atoms with E-state index in [1.165, 1.54) is 11.1 Å². The monoisotopic (exact) mass is 329 g/mol. The van der Waals surface area contributed by atoms with Crippen molar-refractivity contribution >= 4 is 17.0 Å². The van der Waals surface area contributed by atoms with Crippen LogP contribution in [0.1, 0.15) is 52.1 Å². The van der Waals surface area contributed by atoms with Gasteiger partial charge in [0.15, 0.2) is 0 Å². The zero-order valence-electron chi connectivity index (χ0n) is 15.1. The zero-order valence-corrected chi connectivity index (χ0v) is 15.1. The molecule has 1 aromatic heterocycles. The average molecular weight is 329 g/mol. The number of carbonyl (C=O) groups is 1. The summed E-state index contributed by atoms with van der Waals surface area (Å²) < 4.78 is 7.61. The second kappa shape index (κ2) is 6.46. The highest BCUT2D eigenvalue weighted by atomic mass is 16.6. The minimum atomic E-state index is -0.440. The molecule has 0 atom stereocenters. The summed E-state index contributed by atoms with van der Waals surface area (Å²) in [4.78, 5) is 14.1. The summed E-state index contributed by atoms with van der Waals surface area (Å²) in [6.45, 7) is 10.2. The summed E-state index contributed by atoms with van der Waals surface area (Å²) in [5, 5.41) is 5.97. The number of aromatic nitrogens is 2. The minimum Gasteiger partial charge on any atom is -0.444 e. The van der Waals surface area contributed by atoms with E-state index in [2.05, 4.69) is 29.8 Å². The maximum absolute atomic E-state index is 12.2. The summed E-state index contributed by atoms with van der Waals surface area (Å²) in [5.41, 5.74) is 1.94. The second-order valence-corrected chi connectivity index (χ2v) is 7.46. The van der Waals surface area contributed by atoms with Crippen LogP contribution in [0.3, 0.4) is 0 Å². The first kappa shape index (κ1) is 16.8. The molecule has 1 saturated heterocycles. The van der Waals surface area contributed by atoms with Gasteiger partial charge in [0.05, 0.1) is 5.52 Å². The number of amides is 1. The summed E-state index contributed by atoms with van der Waals surface area (Å²) in [7, 11) is 0. The van der Waals surface area contributed by atoms with Crippen molar-refractivity contribution in [1.82, 2.24) is 14.7 Å². The van der Waals surface area contributed by atoms with E-state index < -0.39 is 5.60 Å². The molecule has 0 spiro atoms. The Hall–Kier alpha value is -2.04. The van der Waals surface area contributed by atoms with Crippen LogP contribution in [-0.2, 0) is 11.3 Å². The molecule has 1 aliphatic rings. The molecule has 0 saturated carbocycles. The van der Waals surface area contributed by atoms with E-state index in [4.69, 9.17) is 9.84 Å². The van der Waals surface area contributed by atoms with Crippen molar-refractivity contribution in [2.75, 3.05) is 13.1 Å². The molecular formula is C19H27N3O2. The van der Waals surface area contributed by atoms with Crippen LogP contribution in [0.2, 0.25) is 0 Å². The van der Waals surface area contributed by atoms with Gasteiger partial charge < -0.3 is 9.64 Å². The third-order valence-electron chi connectivity index (χ3n) is 4.52. The van der Waals surface area contributed by atoms with E-state index in [1.54, 1.807) is 0 Å². The lowest BCUT2D eigenvalue weighted by molar-refractivity contribution is 0.0203. The van der Waals surface area contributed by atoms with E-state index in [1.807, 2.05) is 31.7 Å². The highest BCUT2D eigenvalue weighted by Gasteiger charge is 2.29. The largest absolute Gasteiger partial charge is 0.444 e. The Morgan fingerprint density at radius 2 is 1.92 bits per heavy atom. The van der Waals surface area contributed by atoms with E-state index in [0.29, 0.717) is 5.92 Å². The van der Waals surface area contributed by atoms with Crippen LogP contribution < -0.4 is 0 Å². The number of aryl methyl sites for hydroxylation is 1. The lowest BCUT2D eigenvalue weighted by Crippen LogP contribution is -2.41. The van der Waals surface area contributed by atoms with Gasteiger partial charge >= 0.3 is 6.09 Å². The number of carbonyl (C=O) groups excluding carboxylic acids is 1. The van der Waals surface area contributed by atoms with Gasteiger partial charge in [0.1, 0.15) is 5.60 Å². The van der Waals surface area contributed by atoms with Crippen LogP contribution in [-0.4, -0.2) is 39.5 Å². The molecule has 2 heterocycles. The number of hydrogen-bond acceptors (Lipinski definition) is 3. The topological polar surface area (TPSA) is 47.4 Å². The Bertz CT molecular complexity index is 722. The maximum Gasteiger partial charge on any atom is 0.410 e. The Morgan fingerprint density at radius 1 is 1.25 bits per heavy atom. The fraction of sp³-hybridized carbons (Fsp3) is 0.579. The average Bonchev–Trinajstić information content (AvgIpc) is 2.92. The maximum atomic E-state index is 12.2. The van der Waals surface area contributed by atoms with Crippen molar-refractivity contribution in [1.29, 1.82) is 0 Å². The molecule has 5 heteroatoms. The first-order chi connectivity index (χ1) is 11.4. The fourth-order valence-corrected chi connectivity index (χ4v) is 3.43. The molecule has 0 radical (unpaired) electrons. The number of ether oxygens (including phenoxy) is 1. The van der Waals surface area contributed by atoms with Crippen LogP contribution in [0.15, 0.2) is 24.3 Å². The van der Waals surface area contributed by atoms with Gasteiger partial charge in [-0.15, -0.1) is 0 Å². The molecule has 5 nitrogen and oxygen atoms in total. The number of fused-ring (bicyclic) bond motifs is 1. The Balaban J connectivity index is 1.74. The van der Waals surface area contributed by atoms with Gasteiger partial charge in [-0.3, -0.25) is 4.68 Å². The molecule has 0 unspecified atom stereocenters. The van der Waals surface area contributed by atoms with Crippen LogP contribution in [0.4, 0.5) is 4.79 Å². The van der Waals surface area contributed by atoms with Crippen molar-refractivity contribution in [2.24, 2.45) is 0 Å². The summed E-state index contributed by atoms with van der Waals surface area (Å²) in [6, 6.07) is 8.33. The zero-order chi connectivity index (χ0) is 17.3. The summed E-state index contributed by atoms with van der Waals surface area (Å²) in [6.07, 6.45) is 1.71. The molecule has 130 valence electrons. The van der Waals surface area contributed by atoms with Gasteiger partial charge in [0, 0.05) is 36.6 Å². The van der Waals surface area contributed by atoms with Crippen molar-refractivity contribution in [2.45, 2.75) is 58.6 Å². The van der Waals surface area contributed by atoms with Gasteiger partial charge in [0.2, 0.25) is 0 Å². The molecule has 1 aromatic carbocycles. The van der Waals surface area contributed by atoms with Crippen LogP contribution in [0.5, 0.6) is 0 Å². The van der Waals surface area contributed by atoms with Crippen LogP contribution in [0, 0.1) is 0 Å². The predicted molar refractivity (Wildman–Crippen MR) is 95.2 cm³/mol. The Morgan fingerprint density at radius 3 is 2.54 bits per heavy atom. The molecular weight excluding hydrogens is 302 g/mol. The number of likely N-dealkylation sites (tertiary alicyclic amines) is 1. The molecule has 0 aliphatic carbocycles. The second-order valence-electron chi connectivity index (χ2n) is 7.46. The molecule has 1 amide bonds. The van der Waals surface area contributed by atoms with E-state index in [-0.39, 0.29) is 6.09 Å². The first-order valence-corrected chi connectivity index (χ1v) is 8.82. The van der Waals surface area contributed by atoms with Crippen molar-refractivity contribution < 1.29 is 9.53 Å². The highest BCUT2D eigenvalue weighted by molar-refractivity contribution is 5.82. The van der Waals surface area contributed by atoms with E-state index in [0.717, 1.165) is 38.0 Å². The quantitative estimate of drug-likeness (QED) is 0.831. The molecule has 3 rings (SSSR count). The van der Waals surface area contributed by atoms with Gasteiger partial charge in [-0.05, 0) is 46.6 Å². The van der Waals surface area contributed by atoms with Crippen molar-refractivity contribution in [3.63, 3.8) is 0 Å². The number of nitrogens with zero attached hydrogens (tertiary/aromatic N) is 3. The Labute approximate surface area is 143 Å². The number of benzene rings is 1. The van der Waals surface area contributed by atoms with Crippen LogP contribution >= 0.6 is 0 Å². The Kier molecular flexibility index (Phi) is 4.52. The van der Waals surface area contributed by atoms with Gasteiger partial charge in [-0.1, -0.05) is 18.2 Å². The summed E-state index contributed by atoms with van der Waals surface area (Å²) in [5.74, 6) is 0.441. The third kappa shape index (κ3) is 3.40.